The summed E-state index contributed by atoms with van der Waals surface area (Å²) in [6, 6.07) is 0. The van der Waals surface area contributed by atoms with Gasteiger partial charge in [0.2, 0.25) is 0 Å². The Kier molecular flexibility index (Phi) is 37.2. The van der Waals surface area contributed by atoms with E-state index in [2.05, 4.69) is 56.4 Å². The lowest BCUT2D eigenvalue weighted by Crippen LogP contribution is -2.29. The number of hydrogen-bond donors (Lipinski definition) is 2. The number of hydrogen-bond acceptors (Lipinski definition) is 8. The Morgan fingerprint density at radius 1 is 0.577 bits per heavy atom. The van der Waals surface area contributed by atoms with Crippen LogP contribution < -0.4 is 5.73 Å². The Hall–Kier alpha value is -2.03. The third-order valence-corrected chi connectivity index (χ3v) is 9.45. The molecule has 302 valence electrons. The summed E-state index contributed by atoms with van der Waals surface area (Å²) in [6.07, 6.45) is 42.9. The Morgan fingerprint density at radius 3 is 1.54 bits per heavy atom. The minimum absolute atomic E-state index is 0.0443. The average molecular weight is 754 g/mol. The number of carbonyl (C=O) groups excluding carboxylic acids is 2. The van der Waals surface area contributed by atoms with E-state index in [9.17, 15) is 19.0 Å². The van der Waals surface area contributed by atoms with Gasteiger partial charge in [0.1, 0.15) is 6.61 Å². The van der Waals surface area contributed by atoms with Gasteiger partial charge in [0.25, 0.3) is 0 Å². The van der Waals surface area contributed by atoms with Crippen molar-refractivity contribution in [2.75, 3.05) is 26.4 Å². The summed E-state index contributed by atoms with van der Waals surface area (Å²) >= 11 is 0. The zero-order valence-corrected chi connectivity index (χ0v) is 33.9. The first-order valence-corrected chi connectivity index (χ1v) is 22.1. The second-order valence-electron chi connectivity index (χ2n) is 13.5. The van der Waals surface area contributed by atoms with Crippen molar-refractivity contribution in [3.63, 3.8) is 0 Å². The van der Waals surface area contributed by atoms with Crippen molar-refractivity contribution in [2.24, 2.45) is 5.73 Å². The standard InChI is InChI=1S/C42H76NO8P/c1-3-5-7-9-11-13-15-17-19-20-21-23-25-27-29-31-33-35-42(45)51-40(39-50-52(46,47)49-37-36-43)38-48-41(44)34-32-30-28-26-24-22-18-16-14-12-10-8-6-4-2/h11,13,17,19,21,23,27,29,40H,3-10,12,14-16,18,20,22,24-26,28,30-39,43H2,1-2H3,(H,46,47). The highest BCUT2D eigenvalue weighted by Gasteiger charge is 2.25. The first kappa shape index (κ1) is 50.0. The SMILES string of the molecule is CCCCCC=CCC=CCC=CCC=CCCCC(=O)OC(COC(=O)CCCCCCCCCCCCCCCC)COP(=O)(O)OCCN. The van der Waals surface area contributed by atoms with Gasteiger partial charge in [0.15, 0.2) is 6.10 Å². The molecule has 0 aliphatic carbocycles. The average Bonchev–Trinajstić information content (AvgIpc) is 3.13. The van der Waals surface area contributed by atoms with Crippen LogP contribution in [0.1, 0.15) is 174 Å². The molecule has 0 saturated heterocycles. The minimum atomic E-state index is -4.39. The van der Waals surface area contributed by atoms with Crippen molar-refractivity contribution in [3.8, 4) is 0 Å². The quantitative estimate of drug-likeness (QED) is 0.0273. The predicted molar refractivity (Wildman–Crippen MR) is 215 cm³/mol. The lowest BCUT2D eigenvalue weighted by atomic mass is 10.0. The van der Waals surface area contributed by atoms with E-state index in [1.807, 2.05) is 6.08 Å². The molecular formula is C42H76NO8P. The molecule has 0 aliphatic rings. The highest BCUT2D eigenvalue weighted by atomic mass is 31.2. The molecule has 2 unspecified atom stereocenters. The van der Waals surface area contributed by atoms with Gasteiger partial charge < -0.3 is 20.1 Å². The van der Waals surface area contributed by atoms with Gasteiger partial charge in [-0.2, -0.15) is 0 Å². The van der Waals surface area contributed by atoms with Crippen molar-refractivity contribution in [1.82, 2.24) is 0 Å². The van der Waals surface area contributed by atoms with Gasteiger partial charge in [-0.3, -0.25) is 18.6 Å². The van der Waals surface area contributed by atoms with Gasteiger partial charge in [-0.15, -0.1) is 0 Å². The molecule has 52 heavy (non-hydrogen) atoms. The number of carbonyl (C=O) groups is 2. The van der Waals surface area contributed by atoms with Crippen LogP contribution in [0, 0.1) is 0 Å². The molecule has 0 radical (unpaired) electrons. The van der Waals surface area contributed by atoms with E-state index in [0.29, 0.717) is 12.8 Å². The molecule has 0 saturated carbocycles. The molecule has 2 atom stereocenters. The number of ether oxygens (including phenoxy) is 2. The zero-order valence-electron chi connectivity index (χ0n) is 33.0. The summed E-state index contributed by atoms with van der Waals surface area (Å²) in [5.74, 6) is -0.893. The highest BCUT2D eigenvalue weighted by Crippen LogP contribution is 2.43. The predicted octanol–water partition coefficient (Wildman–Crippen LogP) is 11.6. The van der Waals surface area contributed by atoms with Gasteiger partial charge in [0.05, 0.1) is 13.2 Å². The maximum Gasteiger partial charge on any atom is 0.472 e. The van der Waals surface area contributed by atoms with Crippen LogP contribution in [0.5, 0.6) is 0 Å². The molecule has 10 heteroatoms. The smallest absolute Gasteiger partial charge is 0.462 e. The number of allylic oxidation sites excluding steroid dienone is 8. The summed E-state index contributed by atoms with van der Waals surface area (Å²) in [4.78, 5) is 34.8. The molecule has 0 rings (SSSR count). The van der Waals surface area contributed by atoms with Crippen molar-refractivity contribution in [2.45, 2.75) is 180 Å². The maximum absolute atomic E-state index is 12.5. The first-order chi connectivity index (χ1) is 25.3. The Labute approximate surface area is 317 Å². The molecule has 0 heterocycles. The molecule has 0 spiro atoms. The number of unbranched alkanes of at least 4 members (excludes halogenated alkanes) is 17. The molecular weight excluding hydrogens is 677 g/mol. The number of esters is 2. The summed E-state index contributed by atoms with van der Waals surface area (Å²) in [6.45, 7) is 3.64. The molecule has 0 amide bonds. The van der Waals surface area contributed by atoms with Gasteiger partial charge in [0, 0.05) is 19.4 Å². The molecule has 0 bridgehead atoms. The van der Waals surface area contributed by atoms with Gasteiger partial charge in [-0.25, -0.2) is 4.57 Å². The Bertz CT molecular complexity index is 996. The van der Waals surface area contributed by atoms with Crippen molar-refractivity contribution < 1.29 is 37.6 Å². The van der Waals surface area contributed by atoms with Crippen LogP contribution in [-0.2, 0) is 32.7 Å². The Balaban J connectivity index is 4.29. The van der Waals surface area contributed by atoms with E-state index in [-0.39, 0.29) is 32.6 Å². The molecule has 0 fully saturated rings. The fraction of sp³-hybridized carbons (Fsp3) is 0.762. The van der Waals surface area contributed by atoms with Crippen LogP contribution >= 0.6 is 7.82 Å². The number of phosphoric ester groups is 1. The van der Waals surface area contributed by atoms with Gasteiger partial charge in [-0.1, -0.05) is 159 Å². The summed E-state index contributed by atoms with van der Waals surface area (Å²) in [5.41, 5.74) is 5.33. The van der Waals surface area contributed by atoms with Gasteiger partial charge in [-0.05, 0) is 51.4 Å². The topological polar surface area (TPSA) is 134 Å². The normalized spacial score (nSPS) is 13.8. The highest BCUT2D eigenvalue weighted by molar-refractivity contribution is 7.47. The summed E-state index contributed by atoms with van der Waals surface area (Å²) in [7, 11) is -4.39. The van der Waals surface area contributed by atoms with Crippen LogP contribution in [0.2, 0.25) is 0 Å². The largest absolute Gasteiger partial charge is 0.472 e. The van der Waals surface area contributed by atoms with E-state index < -0.39 is 32.5 Å². The molecule has 0 aromatic rings. The molecule has 0 aromatic heterocycles. The van der Waals surface area contributed by atoms with Crippen LogP contribution in [0.15, 0.2) is 48.6 Å². The van der Waals surface area contributed by atoms with E-state index in [1.54, 1.807) is 0 Å². The van der Waals surface area contributed by atoms with Crippen molar-refractivity contribution in [1.29, 1.82) is 0 Å². The molecule has 0 aliphatic heterocycles. The zero-order chi connectivity index (χ0) is 38.2. The van der Waals surface area contributed by atoms with E-state index in [4.69, 9.17) is 24.3 Å². The fourth-order valence-corrected chi connectivity index (χ4v) is 6.16. The van der Waals surface area contributed by atoms with E-state index in [1.165, 1.54) is 96.3 Å². The van der Waals surface area contributed by atoms with E-state index in [0.717, 1.165) is 38.5 Å². The molecule has 0 aromatic carbocycles. The second kappa shape index (κ2) is 38.7. The lowest BCUT2D eigenvalue weighted by Gasteiger charge is -2.19. The fourth-order valence-electron chi connectivity index (χ4n) is 5.39. The number of nitrogens with two attached hydrogens (primary N) is 1. The van der Waals surface area contributed by atoms with Crippen LogP contribution in [0.3, 0.4) is 0 Å². The maximum atomic E-state index is 12.5. The van der Waals surface area contributed by atoms with Crippen molar-refractivity contribution in [3.05, 3.63) is 48.6 Å². The lowest BCUT2D eigenvalue weighted by molar-refractivity contribution is -0.161. The minimum Gasteiger partial charge on any atom is -0.462 e. The Morgan fingerprint density at radius 2 is 1.02 bits per heavy atom. The number of phosphoric acid groups is 1. The van der Waals surface area contributed by atoms with E-state index >= 15 is 0 Å². The first-order valence-electron chi connectivity index (χ1n) is 20.6. The van der Waals surface area contributed by atoms with Gasteiger partial charge >= 0.3 is 19.8 Å². The summed E-state index contributed by atoms with van der Waals surface area (Å²) in [5, 5.41) is 0. The molecule has 9 nitrogen and oxygen atoms in total. The monoisotopic (exact) mass is 754 g/mol. The second-order valence-corrected chi connectivity index (χ2v) is 15.0. The van der Waals surface area contributed by atoms with Crippen molar-refractivity contribution >= 4 is 19.8 Å². The van der Waals surface area contributed by atoms with Crippen LogP contribution in [0.25, 0.3) is 0 Å². The molecule has 3 N–H and O–H groups in total. The number of rotatable bonds is 38. The van der Waals surface area contributed by atoms with Crippen LogP contribution in [-0.4, -0.2) is 49.3 Å². The third-order valence-electron chi connectivity index (χ3n) is 8.47. The third kappa shape index (κ3) is 37.7. The summed E-state index contributed by atoms with van der Waals surface area (Å²) < 4.78 is 32.7. The van der Waals surface area contributed by atoms with Crippen LogP contribution in [0.4, 0.5) is 0 Å².